The van der Waals surface area contributed by atoms with Crippen LogP contribution in [0.1, 0.15) is 54.5 Å². The Hall–Kier alpha value is -3.86. The molecule has 1 N–H and O–H groups in total. The molecule has 0 bridgehead atoms. The second kappa shape index (κ2) is 10.6. The van der Waals surface area contributed by atoms with Crippen molar-refractivity contribution in [3.63, 3.8) is 0 Å². The minimum Gasteiger partial charge on any atom is -0.507 e. The highest BCUT2D eigenvalue weighted by molar-refractivity contribution is 6.51. The summed E-state index contributed by atoms with van der Waals surface area (Å²) in [6.45, 7) is 6.68. The fraction of sp³-hybridized carbons (Fsp3) is 0.267. The van der Waals surface area contributed by atoms with Crippen LogP contribution in [-0.2, 0) is 9.59 Å². The maximum atomic E-state index is 13.3. The van der Waals surface area contributed by atoms with E-state index in [9.17, 15) is 14.7 Å². The number of carbonyl (C=O) groups is 2. The van der Waals surface area contributed by atoms with Crippen molar-refractivity contribution in [1.29, 1.82) is 0 Å². The molecule has 1 aliphatic heterocycles. The first-order chi connectivity index (χ1) is 16.9. The lowest BCUT2D eigenvalue weighted by Gasteiger charge is -2.26. The predicted molar refractivity (Wildman–Crippen MR) is 139 cm³/mol. The number of unbranched alkanes of at least 4 members (excludes halogenated alkanes) is 2. The molecule has 180 valence electrons. The Kier molecular flexibility index (Phi) is 7.35. The van der Waals surface area contributed by atoms with Crippen LogP contribution in [0.4, 0.5) is 5.69 Å². The van der Waals surface area contributed by atoms with Gasteiger partial charge >= 0.3 is 0 Å². The molecule has 0 aromatic heterocycles. The van der Waals surface area contributed by atoms with Crippen LogP contribution in [0.15, 0.2) is 78.4 Å². The standard InChI is InChI=1S/C30H31NO4/c1-4-5-8-19-35-24-17-13-22(14-18-24)28(32)26-27(25-10-7-6-9-21(25)3)31(30(34)29(26)33)23-15-11-20(2)12-16-23/h6-7,9-18,27,32H,4-5,8,19H2,1-3H3/b28-26-. The summed E-state index contributed by atoms with van der Waals surface area (Å²) >= 11 is 0. The van der Waals surface area contributed by atoms with Crippen LogP contribution in [0.5, 0.6) is 5.75 Å². The number of aliphatic hydroxyl groups excluding tert-OH is 1. The van der Waals surface area contributed by atoms with Gasteiger partial charge in [0.05, 0.1) is 18.2 Å². The van der Waals surface area contributed by atoms with Gasteiger partial charge in [0, 0.05) is 11.3 Å². The zero-order valence-corrected chi connectivity index (χ0v) is 20.5. The van der Waals surface area contributed by atoms with Gasteiger partial charge in [-0.1, -0.05) is 61.7 Å². The summed E-state index contributed by atoms with van der Waals surface area (Å²) in [4.78, 5) is 28.1. The number of anilines is 1. The number of amides is 1. The molecule has 0 aliphatic carbocycles. The summed E-state index contributed by atoms with van der Waals surface area (Å²) in [6, 6.07) is 21.4. The number of nitrogens with zero attached hydrogens (tertiary/aromatic N) is 1. The van der Waals surface area contributed by atoms with Gasteiger partial charge in [-0.2, -0.15) is 0 Å². The molecule has 4 rings (SSSR count). The van der Waals surface area contributed by atoms with Crippen LogP contribution < -0.4 is 9.64 Å². The van der Waals surface area contributed by atoms with Crippen molar-refractivity contribution in [2.24, 2.45) is 0 Å². The second-order valence-corrected chi connectivity index (χ2v) is 8.94. The molecule has 1 saturated heterocycles. The zero-order valence-electron chi connectivity index (χ0n) is 20.5. The third-order valence-corrected chi connectivity index (χ3v) is 6.38. The first kappa shape index (κ1) is 24.3. The molecule has 5 nitrogen and oxygen atoms in total. The lowest BCUT2D eigenvalue weighted by Crippen LogP contribution is -2.29. The van der Waals surface area contributed by atoms with E-state index in [0.29, 0.717) is 23.6 Å². The van der Waals surface area contributed by atoms with E-state index in [4.69, 9.17) is 4.74 Å². The first-order valence-electron chi connectivity index (χ1n) is 12.1. The maximum absolute atomic E-state index is 13.3. The van der Waals surface area contributed by atoms with E-state index < -0.39 is 17.7 Å². The van der Waals surface area contributed by atoms with Crippen LogP contribution in [0, 0.1) is 13.8 Å². The molecule has 35 heavy (non-hydrogen) atoms. The van der Waals surface area contributed by atoms with Crippen LogP contribution in [0.3, 0.4) is 0 Å². The highest BCUT2D eigenvalue weighted by atomic mass is 16.5. The Bertz CT molecular complexity index is 1240. The number of aliphatic hydroxyl groups is 1. The monoisotopic (exact) mass is 469 g/mol. The normalized spacial score (nSPS) is 17.1. The molecule has 1 unspecified atom stereocenters. The molecule has 1 aliphatic rings. The van der Waals surface area contributed by atoms with Gasteiger partial charge in [-0.05, 0) is 67.8 Å². The average Bonchev–Trinajstić information content (AvgIpc) is 3.13. The summed E-state index contributed by atoms with van der Waals surface area (Å²) in [5, 5.41) is 11.3. The third-order valence-electron chi connectivity index (χ3n) is 6.38. The number of ketones is 1. The van der Waals surface area contributed by atoms with Crippen LogP contribution in [0.2, 0.25) is 0 Å². The fourth-order valence-corrected chi connectivity index (χ4v) is 4.40. The van der Waals surface area contributed by atoms with Gasteiger partial charge < -0.3 is 9.84 Å². The summed E-state index contributed by atoms with van der Waals surface area (Å²) in [7, 11) is 0. The molecule has 5 heteroatoms. The fourth-order valence-electron chi connectivity index (χ4n) is 4.40. The smallest absolute Gasteiger partial charge is 0.300 e. The first-order valence-corrected chi connectivity index (χ1v) is 12.1. The van der Waals surface area contributed by atoms with Gasteiger partial charge in [-0.3, -0.25) is 14.5 Å². The number of hydrogen-bond donors (Lipinski definition) is 1. The highest BCUT2D eigenvalue weighted by Gasteiger charge is 2.47. The van der Waals surface area contributed by atoms with Crippen LogP contribution in [0.25, 0.3) is 5.76 Å². The van der Waals surface area contributed by atoms with Gasteiger partial charge in [-0.15, -0.1) is 0 Å². The van der Waals surface area contributed by atoms with E-state index in [0.717, 1.165) is 36.0 Å². The molecule has 1 amide bonds. The van der Waals surface area contributed by atoms with E-state index in [1.807, 2.05) is 62.4 Å². The number of ether oxygens (including phenoxy) is 1. The van der Waals surface area contributed by atoms with Crippen molar-refractivity contribution < 1.29 is 19.4 Å². The number of aryl methyl sites for hydroxylation is 2. The second-order valence-electron chi connectivity index (χ2n) is 8.94. The Morgan fingerprint density at radius 1 is 0.914 bits per heavy atom. The highest BCUT2D eigenvalue weighted by Crippen LogP contribution is 2.43. The minimum absolute atomic E-state index is 0.0847. The van der Waals surface area contributed by atoms with Crippen molar-refractivity contribution in [2.45, 2.75) is 46.1 Å². The van der Waals surface area contributed by atoms with Gasteiger partial charge in [0.1, 0.15) is 11.5 Å². The van der Waals surface area contributed by atoms with Crippen molar-refractivity contribution >= 4 is 23.1 Å². The average molecular weight is 470 g/mol. The maximum Gasteiger partial charge on any atom is 0.300 e. The van der Waals surface area contributed by atoms with Crippen LogP contribution >= 0.6 is 0 Å². The number of carbonyl (C=O) groups excluding carboxylic acids is 2. The molecular formula is C30H31NO4. The summed E-state index contributed by atoms with van der Waals surface area (Å²) in [5.41, 5.74) is 3.94. The Balaban J connectivity index is 1.76. The SMILES string of the molecule is CCCCCOc1ccc(/C(O)=C2/C(=O)C(=O)N(c3ccc(C)cc3)C2c2ccccc2C)cc1. The van der Waals surface area contributed by atoms with Crippen LogP contribution in [-0.4, -0.2) is 23.4 Å². The number of hydrogen-bond acceptors (Lipinski definition) is 4. The molecule has 3 aromatic rings. The van der Waals surface area contributed by atoms with Gasteiger partial charge in [0.15, 0.2) is 0 Å². The Labute approximate surface area is 206 Å². The Morgan fingerprint density at radius 2 is 1.60 bits per heavy atom. The largest absolute Gasteiger partial charge is 0.507 e. The van der Waals surface area contributed by atoms with E-state index in [1.165, 1.54) is 4.90 Å². The molecule has 0 saturated carbocycles. The summed E-state index contributed by atoms with van der Waals surface area (Å²) in [5.74, 6) is -0.840. The van der Waals surface area contributed by atoms with Gasteiger partial charge in [0.25, 0.3) is 11.7 Å². The van der Waals surface area contributed by atoms with Crippen molar-refractivity contribution in [2.75, 3.05) is 11.5 Å². The lowest BCUT2D eigenvalue weighted by atomic mass is 9.92. The minimum atomic E-state index is -0.733. The van der Waals surface area contributed by atoms with E-state index >= 15 is 0 Å². The summed E-state index contributed by atoms with van der Waals surface area (Å²) < 4.78 is 5.77. The van der Waals surface area contributed by atoms with E-state index in [2.05, 4.69) is 6.92 Å². The summed E-state index contributed by atoms with van der Waals surface area (Å²) in [6.07, 6.45) is 3.22. The topological polar surface area (TPSA) is 66.8 Å². The van der Waals surface area contributed by atoms with Crippen molar-refractivity contribution in [3.05, 3.63) is 101 Å². The van der Waals surface area contributed by atoms with E-state index in [-0.39, 0.29) is 11.3 Å². The molecule has 1 heterocycles. The van der Waals surface area contributed by atoms with E-state index in [1.54, 1.807) is 24.3 Å². The zero-order chi connectivity index (χ0) is 24.9. The molecular weight excluding hydrogens is 438 g/mol. The quantitative estimate of drug-likeness (QED) is 0.177. The lowest BCUT2D eigenvalue weighted by molar-refractivity contribution is -0.132. The molecule has 0 spiro atoms. The number of rotatable bonds is 8. The van der Waals surface area contributed by atoms with Crippen molar-refractivity contribution in [3.8, 4) is 5.75 Å². The third kappa shape index (κ3) is 4.99. The molecule has 1 fully saturated rings. The predicted octanol–water partition coefficient (Wildman–Crippen LogP) is 6.50. The molecule has 1 atom stereocenters. The molecule has 0 radical (unpaired) electrons. The van der Waals surface area contributed by atoms with Crippen molar-refractivity contribution in [1.82, 2.24) is 0 Å². The Morgan fingerprint density at radius 3 is 2.26 bits per heavy atom. The number of Topliss-reactive ketones (excluding diaryl/α,β-unsaturated/α-hetero) is 1. The van der Waals surface area contributed by atoms with Gasteiger partial charge in [0.2, 0.25) is 0 Å². The molecule has 3 aromatic carbocycles. The number of benzene rings is 3. The van der Waals surface area contributed by atoms with Gasteiger partial charge in [-0.25, -0.2) is 0 Å².